The molecule has 1 aromatic carbocycles. The fourth-order valence-electron chi connectivity index (χ4n) is 2.08. The molecule has 1 heterocycles. The first-order valence-corrected chi connectivity index (χ1v) is 7.36. The number of ether oxygens (including phenoxy) is 2. The van der Waals surface area contributed by atoms with Gasteiger partial charge in [0.25, 0.3) is 0 Å². The highest BCUT2D eigenvalue weighted by atomic mass is 79.9. The summed E-state index contributed by atoms with van der Waals surface area (Å²) < 4.78 is 11.6. The molecule has 21 heavy (non-hydrogen) atoms. The monoisotopic (exact) mass is 351 g/mol. The van der Waals surface area contributed by atoms with Crippen molar-refractivity contribution in [1.29, 1.82) is 0 Å². The summed E-state index contributed by atoms with van der Waals surface area (Å²) in [5, 5.41) is 0. The molecule has 0 bridgehead atoms. The van der Waals surface area contributed by atoms with E-state index < -0.39 is 0 Å². The lowest BCUT2D eigenvalue weighted by atomic mass is 10.1. The molecule has 0 aliphatic heterocycles. The average Bonchev–Trinajstić information content (AvgIpc) is 2.49. The van der Waals surface area contributed by atoms with Crippen molar-refractivity contribution in [3.63, 3.8) is 0 Å². The van der Waals surface area contributed by atoms with Crippen LogP contribution in [0.25, 0.3) is 11.3 Å². The number of rotatable bonds is 4. The fraction of sp³-hybridized carbons (Fsp3) is 0.333. The van der Waals surface area contributed by atoms with Crippen molar-refractivity contribution in [3.8, 4) is 22.8 Å². The number of methoxy groups -OCH3 is 2. The van der Waals surface area contributed by atoms with E-state index in [1.807, 2.05) is 26.0 Å². The lowest BCUT2D eigenvalue weighted by Gasteiger charge is -2.15. The molecule has 5 nitrogen and oxygen atoms in total. The van der Waals surface area contributed by atoms with Gasteiger partial charge in [-0.15, -0.1) is 0 Å². The van der Waals surface area contributed by atoms with Crippen LogP contribution in [-0.4, -0.2) is 24.2 Å². The summed E-state index contributed by atoms with van der Waals surface area (Å²) in [7, 11) is 3.23. The van der Waals surface area contributed by atoms with Crippen molar-refractivity contribution in [2.45, 2.75) is 20.3 Å². The summed E-state index contributed by atoms with van der Waals surface area (Å²) in [6.45, 7) is 3.90. The Bertz CT molecular complexity index is 674. The Balaban J connectivity index is 2.72. The number of nitrogens with two attached hydrogens (primary N) is 1. The van der Waals surface area contributed by atoms with E-state index in [4.69, 9.17) is 15.2 Å². The van der Waals surface area contributed by atoms with Crippen LogP contribution in [0.2, 0.25) is 0 Å². The highest BCUT2D eigenvalue weighted by Crippen LogP contribution is 2.42. The minimum Gasteiger partial charge on any atom is -0.495 e. The molecule has 2 aromatic rings. The Kier molecular flexibility index (Phi) is 4.67. The predicted molar refractivity (Wildman–Crippen MR) is 86.8 cm³/mol. The van der Waals surface area contributed by atoms with E-state index in [9.17, 15) is 0 Å². The summed E-state index contributed by atoms with van der Waals surface area (Å²) in [5.41, 5.74) is 8.46. The molecule has 0 amide bonds. The molecular formula is C15H18BrN3O2. The van der Waals surface area contributed by atoms with Crippen molar-refractivity contribution in [3.05, 3.63) is 28.0 Å². The highest BCUT2D eigenvalue weighted by molar-refractivity contribution is 9.10. The highest BCUT2D eigenvalue weighted by Gasteiger charge is 2.18. The Morgan fingerprint density at radius 2 is 1.90 bits per heavy atom. The summed E-state index contributed by atoms with van der Waals surface area (Å²) in [5.74, 6) is 2.57. The first kappa shape index (κ1) is 15.6. The third-order valence-electron chi connectivity index (χ3n) is 3.29. The number of nitrogens with zero attached hydrogens (tertiary/aromatic N) is 2. The van der Waals surface area contributed by atoms with E-state index >= 15 is 0 Å². The van der Waals surface area contributed by atoms with Gasteiger partial charge in [-0.2, -0.15) is 0 Å². The fourth-order valence-corrected chi connectivity index (χ4v) is 2.75. The summed E-state index contributed by atoms with van der Waals surface area (Å²) >= 11 is 3.50. The van der Waals surface area contributed by atoms with Gasteiger partial charge in [0.1, 0.15) is 27.6 Å². The quantitative estimate of drug-likeness (QED) is 0.914. The summed E-state index contributed by atoms with van der Waals surface area (Å²) in [6.07, 6.45) is 0.719. The van der Waals surface area contributed by atoms with Gasteiger partial charge in [0, 0.05) is 17.5 Å². The van der Waals surface area contributed by atoms with Crippen molar-refractivity contribution >= 4 is 21.7 Å². The normalized spacial score (nSPS) is 10.5. The maximum absolute atomic E-state index is 5.99. The second kappa shape index (κ2) is 6.30. The molecule has 0 unspecified atom stereocenters. The molecule has 0 spiro atoms. The number of nitrogen functional groups attached to an aromatic ring is 1. The zero-order valence-electron chi connectivity index (χ0n) is 12.5. The maximum Gasteiger partial charge on any atom is 0.146 e. The van der Waals surface area contributed by atoms with Crippen LogP contribution in [0.4, 0.5) is 5.82 Å². The van der Waals surface area contributed by atoms with Crippen molar-refractivity contribution in [2.75, 3.05) is 20.0 Å². The van der Waals surface area contributed by atoms with Gasteiger partial charge in [0.15, 0.2) is 0 Å². The molecule has 0 saturated carbocycles. The average molecular weight is 352 g/mol. The SMILES string of the molecule is CCc1nc(N)c(C)c(-c2ccc(OC)c(Br)c2OC)n1. The molecule has 6 heteroatoms. The van der Waals surface area contributed by atoms with Crippen LogP contribution in [0.5, 0.6) is 11.5 Å². The maximum atomic E-state index is 5.99. The largest absolute Gasteiger partial charge is 0.495 e. The summed E-state index contributed by atoms with van der Waals surface area (Å²) in [4.78, 5) is 8.87. The van der Waals surface area contributed by atoms with Gasteiger partial charge in [-0.1, -0.05) is 6.92 Å². The topological polar surface area (TPSA) is 70.3 Å². The molecule has 2 N–H and O–H groups in total. The van der Waals surface area contributed by atoms with Gasteiger partial charge < -0.3 is 15.2 Å². The van der Waals surface area contributed by atoms with Crippen molar-refractivity contribution < 1.29 is 9.47 Å². The van der Waals surface area contributed by atoms with Crippen molar-refractivity contribution in [2.24, 2.45) is 0 Å². The molecule has 0 fully saturated rings. The number of anilines is 1. The smallest absolute Gasteiger partial charge is 0.146 e. The van der Waals surface area contributed by atoms with Crippen LogP contribution < -0.4 is 15.2 Å². The second-order valence-electron chi connectivity index (χ2n) is 4.51. The Hall–Kier alpha value is -1.82. The Morgan fingerprint density at radius 1 is 1.19 bits per heavy atom. The van der Waals surface area contributed by atoms with Crippen LogP contribution in [0, 0.1) is 6.92 Å². The van der Waals surface area contributed by atoms with Crippen molar-refractivity contribution in [1.82, 2.24) is 9.97 Å². The van der Waals surface area contributed by atoms with E-state index in [2.05, 4.69) is 25.9 Å². The molecule has 0 aliphatic rings. The number of hydrogen-bond acceptors (Lipinski definition) is 5. The first-order chi connectivity index (χ1) is 10.0. The number of aromatic nitrogens is 2. The standard InChI is InChI=1S/C15H18BrN3O2/c1-5-11-18-13(8(2)15(17)19-11)9-6-7-10(20-3)12(16)14(9)21-4/h6-7H,5H2,1-4H3,(H2,17,18,19). The van der Waals surface area contributed by atoms with E-state index in [0.717, 1.165) is 27.7 Å². The Morgan fingerprint density at radius 3 is 2.48 bits per heavy atom. The van der Waals surface area contributed by atoms with Gasteiger partial charge in [-0.3, -0.25) is 0 Å². The molecule has 0 atom stereocenters. The number of benzene rings is 1. The van der Waals surface area contributed by atoms with Crippen LogP contribution >= 0.6 is 15.9 Å². The Labute approximate surface area is 132 Å². The molecule has 1 aromatic heterocycles. The van der Waals surface area contributed by atoms with Crippen LogP contribution in [0.15, 0.2) is 16.6 Å². The van der Waals surface area contributed by atoms with Gasteiger partial charge in [-0.25, -0.2) is 9.97 Å². The minimum atomic E-state index is 0.492. The molecular weight excluding hydrogens is 334 g/mol. The lowest BCUT2D eigenvalue weighted by Crippen LogP contribution is -2.05. The van der Waals surface area contributed by atoms with Crippen LogP contribution in [-0.2, 0) is 6.42 Å². The lowest BCUT2D eigenvalue weighted by molar-refractivity contribution is 0.390. The van der Waals surface area contributed by atoms with Gasteiger partial charge in [0.05, 0.1) is 19.9 Å². The summed E-state index contributed by atoms with van der Waals surface area (Å²) in [6, 6.07) is 3.78. The predicted octanol–water partition coefficient (Wildman–Crippen LogP) is 3.38. The van der Waals surface area contributed by atoms with E-state index in [1.54, 1.807) is 14.2 Å². The minimum absolute atomic E-state index is 0.492. The number of hydrogen-bond donors (Lipinski definition) is 1. The van der Waals surface area contributed by atoms with E-state index in [-0.39, 0.29) is 0 Å². The number of halogens is 1. The molecule has 0 saturated heterocycles. The number of aryl methyl sites for hydroxylation is 1. The zero-order valence-corrected chi connectivity index (χ0v) is 14.1. The molecule has 0 radical (unpaired) electrons. The molecule has 0 aliphatic carbocycles. The van der Waals surface area contributed by atoms with Crippen LogP contribution in [0.1, 0.15) is 18.3 Å². The molecule has 2 rings (SSSR count). The van der Waals surface area contributed by atoms with Gasteiger partial charge >= 0.3 is 0 Å². The van der Waals surface area contributed by atoms with E-state index in [0.29, 0.717) is 23.1 Å². The van der Waals surface area contributed by atoms with E-state index in [1.165, 1.54) is 0 Å². The molecule has 112 valence electrons. The van der Waals surface area contributed by atoms with Gasteiger partial charge in [0.2, 0.25) is 0 Å². The third kappa shape index (κ3) is 2.81. The van der Waals surface area contributed by atoms with Gasteiger partial charge in [-0.05, 0) is 35.0 Å². The first-order valence-electron chi connectivity index (χ1n) is 6.57. The second-order valence-corrected chi connectivity index (χ2v) is 5.31. The third-order valence-corrected chi connectivity index (χ3v) is 4.04. The zero-order chi connectivity index (χ0) is 15.6. The van der Waals surface area contributed by atoms with Crippen LogP contribution in [0.3, 0.4) is 0 Å².